The summed E-state index contributed by atoms with van der Waals surface area (Å²) in [6.07, 6.45) is 6.46. The quantitative estimate of drug-likeness (QED) is 0.365. The molecule has 7 heteroatoms. The Balaban J connectivity index is 1.66. The number of aryl methyl sites for hydroxylation is 1. The number of methoxy groups -OCH3 is 1. The summed E-state index contributed by atoms with van der Waals surface area (Å²) in [5.41, 5.74) is 3.66. The number of para-hydroxylation sites is 1. The van der Waals surface area contributed by atoms with Crippen LogP contribution in [0.15, 0.2) is 53.3 Å². The minimum atomic E-state index is -0.423. The number of anilines is 1. The van der Waals surface area contributed by atoms with Crippen LogP contribution in [0.25, 0.3) is 10.9 Å². The van der Waals surface area contributed by atoms with E-state index in [1.807, 2.05) is 30.3 Å². The molecule has 1 aromatic heterocycles. The van der Waals surface area contributed by atoms with E-state index in [0.29, 0.717) is 28.5 Å². The second kappa shape index (κ2) is 10.8. The van der Waals surface area contributed by atoms with Crippen molar-refractivity contribution in [3.63, 3.8) is 0 Å². The maximum Gasteiger partial charge on any atom is 0.339 e. The molecule has 0 unspecified atom stereocenters. The van der Waals surface area contributed by atoms with Crippen LogP contribution in [0, 0.1) is 0 Å². The Morgan fingerprint density at radius 2 is 1.91 bits per heavy atom. The van der Waals surface area contributed by atoms with Crippen molar-refractivity contribution in [1.82, 2.24) is 9.88 Å². The summed E-state index contributed by atoms with van der Waals surface area (Å²) in [5.74, 6) is -0.423. The minimum Gasteiger partial charge on any atom is -0.465 e. The molecule has 0 bridgehead atoms. The Bertz CT molecular complexity index is 1250. The van der Waals surface area contributed by atoms with Gasteiger partial charge < -0.3 is 19.9 Å². The second-order valence-electron chi connectivity index (χ2n) is 8.79. The molecule has 2 aromatic carbocycles. The summed E-state index contributed by atoms with van der Waals surface area (Å²) in [6, 6.07) is 15.5. The standard InChI is InChI=1S/C27H31N3O3S/c1-3-18-13-14-23-19(15-18)16-20(25(31)28-23)17-30(21-9-5-4-6-10-21)27(34)29-24-12-8-7-11-22(24)26(32)33-2/h7-8,11-16,21H,3-6,9-10,17H2,1-2H3,(H,28,31)(H,29,34). The van der Waals surface area contributed by atoms with Crippen molar-refractivity contribution in [2.45, 2.75) is 58.0 Å². The zero-order chi connectivity index (χ0) is 24.1. The molecule has 1 fully saturated rings. The maximum atomic E-state index is 13.0. The third-order valence-electron chi connectivity index (χ3n) is 6.58. The molecule has 0 saturated heterocycles. The first-order valence-corrected chi connectivity index (χ1v) is 12.3. The molecule has 0 atom stereocenters. The second-order valence-corrected chi connectivity index (χ2v) is 9.17. The molecule has 0 amide bonds. The molecule has 1 aliphatic carbocycles. The summed E-state index contributed by atoms with van der Waals surface area (Å²) < 4.78 is 4.93. The fourth-order valence-electron chi connectivity index (χ4n) is 4.65. The van der Waals surface area contributed by atoms with Crippen molar-refractivity contribution >= 4 is 39.9 Å². The van der Waals surface area contributed by atoms with Gasteiger partial charge in [0.2, 0.25) is 0 Å². The van der Waals surface area contributed by atoms with Gasteiger partial charge >= 0.3 is 5.97 Å². The Hall–Kier alpha value is -3.19. The lowest BCUT2D eigenvalue weighted by molar-refractivity contribution is 0.0602. The van der Waals surface area contributed by atoms with Crippen molar-refractivity contribution < 1.29 is 9.53 Å². The van der Waals surface area contributed by atoms with Crippen LogP contribution in [0.2, 0.25) is 0 Å². The molecule has 0 radical (unpaired) electrons. The number of nitrogens with one attached hydrogen (secondary N) is 2. The third kappa shape index (κ3) is 5.30. The van der Waals surface area contributed by atoms with Crippen molar-refractivity contribution in [1.29, 1.82) is 0 Å². The number of aromatic nitrogens is 1. The first-order chi connectivity index (χ1) is 16.5. The Labute approximate surface area is 205 Å². The molecule has 6 nitrogen and oxygen atoms in total. The molecule has 0 aliphatic heterocycles. The van der Waals surface area contributed by atoms with E-state index in [4.69, 9.17) is 17.0 Å². The van der Waals surface area contributed by atoms with Crippen LogP contribution in [-0.2, 0) is 17.7 Å². The van der Waals surface area contributed by atoms with Gasteiger partial charge in [-0.25, -0.2) is 4.79 Å². The molecule has 178 valence electrons. The van der Waals surface area contributed by atoms with Gasteiger partial charge in [-0.15, -0.1) is 0 Å². The molecule has 1 aliphatic rings. The maximum absolute atomic E-state index is 13.0. The van der Waals surface area contributed by atoms with Crippen LogP contribution in [0.5, 0.6) is 0 Å². The molecule has 2 N–H and O–H groups in total. The highest BCUT2D eigenvalue weighted by Gasteiger charge is 2.25. The van der Waals surface area contributed by atoms with E-state index >= 15 is 0 Å². The SMILES string of the molecule is CCc1ccc2[nH]c(=O)c(CN(C(=S)Nc3ccccc3C(=O)OC)C3CCCCC3)cc2c1. The first-order valence-electron chi connectivity index (χ1n) is 11.9. The van der Waals surface area contributed by atoms with Crippen molar-refractivity contribution in [2.75, 3.05) is 12.4 Å². The summed E-state index contributed by atoms with van der Waals surface area (Å²) in [5, 5.41) is 4.79. The van der Waals surface area contributed by atoms with E-state index in [-0.39, 0.29) is 11.6 Å². The number of carbonyl (C=O) groups is 1. The average Bonchev–Trinajstić information content (AvgIpc) is 2.87. The summed E-state index contributed by atoms with van der Waals surface area (Å²) in [7, 11) is 1.36. The Morgan fingerprint density at radius 3 is 2.65 bits per heavy atom. The van der Waals surface area contributed by atoms with E-state index in [2.05, 4.69) is 28.2 Å². The fourth-order valence-corrected chi connectivity index (χ4v) is 4.97. The first kappa shape index (κ1) is 24.0. The van der Waals surface area contributed by atoms with Gasteiger partial charge in [0.15, 0.2) is 5.11 Å². The smallest absolute Gasteiger partial charge is 0.339 e. The highest BCUT2D eigenvalue weighted by atomic mass is 32.1. The summed E-state index contributed by atoms with van der Waals surface area (Å²) >= 11 is 5.85. The lowest BCUT2D eigenvalue weighted by atomic mass is 9.94. The normalized spacial score (nSPS) is 14.1. The van der Waals surface area contributed by atoms with Crippen molar-refractivity contribution in [3.05, 3.63) is 75.6 Å². The van der Waals surface area contributed by atoms with Crippen LogP contribution in [0.3, 0.4) is 0 Å². The van der Waals surface area contributed by atoms with Gasteiger partial charge in [-0.1, -0.05) is 44.4 Å². The van der Waals surface area contributed by atoms with E-state index in [1.54, 1.807) is 12.1 Å². The molecule has 3 aromatic rings. The lowest BCUT2D eigenvalue weighted by Gasteiger charge is -2.36. The van der Waals surface area contributed by atoms with E-state index in [9.17, 15) is 9.59 Å². The Kier molecular flexibility index (Phi) is 7.63. The molecular formula is C27H31N3O3S. The van der Waals surface area contributed by atoms with Gasteiger partial charge in [0.25, 0.3) is 5.56 Å². The number of rotatable bonds is 6. The van der Waals surface area contributed by atoms with Crippen LogP contribution in [0.1, 0.15) is 60.5 Å². The van der Waals surface area contributed by atoms with Gasteiger partial charge in [0.05, 0.1) is 24.9 Å². The van der Waals surface area contributed by atoms with Crippen LogP contribution in [0.4, 0.5) is 5.69 Å². The number of pyridine rings is 1. The number of esters is 1. The van der Waals surface area contributed by atoms with Gasteiger partial charge in [-0.2, -0.15) is 0 Å². The number of ether oxygens (including phenoxy) is 1. The summed E-state index contributed by atoms with van der Waals surface area (Å²) in [4.78, 5) is 30.3. The number of benzene rings is 2. The number of nitrogens with zero attached hydrogens (tertiary/aromatic N) is 1. The fraction of sp³-hybridized carbons (Fsp3) is 0.370. The van der Waals surface area contributed by atoms with E-state index in [1.165, 1.54) is 19.1 Å². The number of hydrogen-bond acceptors (Lipinski definition) is 4. The zero-order valence-corrected chi connectivity index (χ0v) is 20.5. The number of aromatic amines is 1. The van der Waals surface area contributed by atoms with E-state index < -0.39 is 5.97 Å². The zero-order valence-electron chi connectivity index (χ0n) is 19.7. The van der Waals surface area contributed by atoms with Crippen LogP contribution < -0.4 is 10.9 Å². The number of H-pyrrole nitrogens is 1. The monoisotopic (exact) mass is 477 g/mol. The molecule has 0 spiro atoms. The largest absolute Gasteiger partial charge is 0.465 e. The minimum absolute atomic E-state index is 0.102. The predicted molar refractivity (Wildman–Crippen MR) is 140 cm³/mol. The predicted octanol–water partition coefficient (Wildman–Crippen LogP) is 5.41. The molecule has 1 heterocycles. The van der Waals surface area contributed by atoms with Gasteiger partial charge in [0.1, 0.15) is 0 Å². The van der Waals surface area contributed by atoms with Gasteiger partial charge in [-0.05, 0) is 72.8 Å². The number of thiocarbonyl (C=S) groups is 1. The Morgan fingerprint density at radius 1 is 1.15 bits per heavy atom. The topological polar surface area (TPSA) is 74.4 Å². The van der Waals surface area contributed by atoms with Gasteiger partial charge in [0, 0.05) is 17.1 Å². The summed E-state index contributed by atoms with van der Waals surface area (Å²) in [6.45, 7) is 2.52. The van der Waals surface area contributed by atoms with Crippen LogP contribution in [-0.4, -0.2) is 34.1 Å². The van der Waals surface area contributed by atoms with Gasteiger partial charge in [-0.3, -0.25) is 4.79 Å². The highest BCUT2D eigenvalue weighted by Crippen LogP contribution is 2.26. The molecule has 1 saturated carbocycles. The average molecular weight is 478 g/mol. The number of carbonyl (C=O) groups excluding carboxylic acids is 1. The molecular weight excluding hydrogens is 446 g/mol. The third-order valence-corrected chi connectivity index (χ3v) is 6.92. The van der Waals surface area contributed by atoms with Crippen molar-refractivity contribution in [3.8, 4) is 0 Å². The molecule has 34 heavy (non-hydrogen) atoms. The van der Waals surface area contributed by atoms with E-state index in [0.717, 1.165) is 43.0 Å². The number of fused-ring (bicyclic) bond motifs is 1. The highest BCUT2D eigenvalue weighted by molar-refractivity contribution is 7.80. The molecule has 4 rings (SSSR count). The van der Waals surface area contributed by atoms with Crippen LogP contribution >= 0.6 is 12.2 Å². The number of hydrogen-bond donors (Lipinski definition) is 2. The van der Waals surface area contributed by atoms with Crippen molar-refractivity contribution in [2.24, 2.45) is 0 Å². The lowest BCUT2D eigenvalue weighted by Crippen LogP contribution is -2.44.